The maximum Gasteiger partial charge on any atom is 0.295 e. The van der Waals surface area contributed by atoms with E-state index in [4.69, 9.17) is 16.3 Å². The number of hydrogen-bond donors (Lipinski definition) is 2. The van der Waals surface area contributed by atoms with E-state index in [9.17, 15) is 19.8 Å². The maximum absolute atomic E-state index is 13.0. The molecule has 1 aliphatic heterocycles. The number of hydrogen-bond acceptors (Lipinski definition) is 6. The summed E-state index contributed by atoms with van der Waals surface area (Å²) in [4.78, 5) is 29.2. The highest BCUT2D eigenvalue weighted by atomic mass is 35.5. The van der Waals surface area contributed by atoms with E-state index in [0.717, 1.165) is 5.56 Å². The first-order valence-corrected chi connectivity index (χ1v) is 10.1. The van der Waals surface area contributed by atoms with E-state index in [1.165, 1.54) is 17.0 Å². The Morgan fingerprint density at radius 2 is 1.90 bits per heavy atom. The Hall–Kier alpha value is -3.03. The number of likely N-dealkylation sites (tertiary alicyclic amines) is 1. The molecule has 0 radical (unpaired) electrons. The van der Waals surface area contributed by atoms with Crippen molar-refractivity contribution < 1.29 is 24.5 Å². The van der Waals surface area contributed by atoms with Crippen LogP contribution in [0.1, 0.15) is 22.7 Å². The van der Waals surface area contributed by atoms with Crippen molar-refractivity contribution in [2.24, 2.45) is 0 Å². The van der Waals surface area contributed by atoms with Crippen molar-refractivity contribution in [3.63, 3.8) is 0 Å². The normalized spacial score (nSPS) is 18.1. The molecule has 0 aromatic heterocycles. The molecule has 1 fully saturated rings. The minimum Gasteiger partial charge on any atom is -0.507 e. The number of ketones is 1. The summed E-state index contributed by atoms with van der Waals surface area (Å²) < 4.78 is 5.26. The lowest BCUT2D eigenvalue weighted by Gasteiger charge is -2.26. The van der Waals surface area contributed by atoms with Crippen molar-refractivity contribution in [2.75, 3.05) is 34.3 Å². The molecular weight excluding hydrogens is 420 g/mol. The van der Waals surface area contributed by atoms with Crippen LogP contribution in [-0.4, -0.2) is 66.0 Å². The number of aliphatic hydroxyl groups excluding tert-OH is 1. The van der Waals surface area contributed by atoms with Crippen LogP contribution >= 0.6 is 11.6 Å². The molecule has 1 unspecified atom stereocenters. The third-order valence-electron chi connectivity index (χ3n) is 5.28. The lowest BCUT2D eigenvalue weighted by molar-refractivity contribution is -0.140. The van der Waals surface area contributed by atoms with Crippen LogP contribution in [0, 0.1) is 6.92 Å². The molecule has 1 amide bonds. The first kappa shape index (κ1) is 22.7. The molecule has 0 spiro atoms. The van der Waals surface area contributed by atoms with Crippen molar-refractivity contribution in [1.82, 2.24) is 9.80 Å². The molecule has 1 aliphatic rings. The molecule has 1 atom stereocenters. The number of likely N-dealkylation sites (N-methyl/N-ethyl adjacent to an activating group) is 1. The first-order chi connectivity index (χ1) is 14.6. The van der Waals surface area contributed by atoms with Gasteiger partial charge in [-0.1, -0.05) is 17.7 Å². The van der Waals surface area contributed by atoms with E-state index in [-0.39, 0.29) is 28.6 Å². The monoisotopic (exact) mass is 444 g/mol. The van der Waals surface area contributed by atoms with Gasteiger partial charge in [0.2, 0.25) is 0 Å². The van der Waals surface area contributed by atoms with Crippen molar-refractivity contribution in [2.45, 2.75) is 13.0 Å². The van der Waals surface area contributed by atoms with Gasteiger partial charge in [0.25, 0.3) is 11.7 Å². The Morgan fingerprint density at radius 3 is 2.48 bits per heavy atom. The zero-order valence-electron chi connectivity index (χ0n) is 17.8. The summed E-state index contributed by atoms with van der Waals surface area (Å²) in [5, 5.41) is 21.0. The quantitative estimate of drug-likeness (QED) is 0.403. The molecule has 0 aliphatic carbocycles. The number of aromatic hydroxyl groups is 1. The fourth-order valence-corrected chi connectivity index (χ4v) is 3.83. The molecule has 0 bridgehead atoms. The molecule has 2 aromatic rings. The van der Waals surface area contributed by atoms with Gasteiger partial charge in [0.1, 0.15) is 17.3 Å². The summed E-state index contributed by atoms with van der Waals surface area (Å²) in [7, 11) is 5.28. The summed E-state index contributed by atoms with van der Waals surface area (Å²) in [5.41, 5.74) is 1.68. The molecule has 2 N–H and O–H groups in total. The highest BCUT2D eigenvalue weighted by Gasteiger charge is 2.46. The summed E-state index contributed by atoms with van der Waals surface area (Å²) in [6.07, 6.45) is 0. The van der Waals surface area contributed by atoms with Crippen molar-refractivity contribution in [3.8, 4) is 11.5 Å². The molecule has 31 heavy (non-hydrogen) atoms. The molecule has 0 saturated carbocycles. The number of benzene rings is 2. The van der Waals surface area contributed by atoms with Gasteiger partial charge in [-0.05, 0) is 62.5 Å². The number of aliphatic hydroxyl groups is 1. The first-order valence-electron chi connectivity index (χ1n) is 9.72. The van der Waals surface area contributed by atoms with Gasteiger partial charge in [-0.2, -0.15) is 0 Å². The molecule has 1 heterocycles. The number of halogens is 1. The Bertz CT molecular complexity index is 1060. The van der Waals surface area contributed by atoms with Crippen LogP contribution in [0.3, 0.4) is 0 Å². The number of Topliss-reactive ketones (excluding diaryl/α,β-unsaturated/α-hetero) is 1. The van der Waals surface area contributed by atoms with Gasteiger partial charge >= 0.3 is 0 Å². The molecule has 2 aromatic carbocycles. The van der Waals surface area contributed by atoms with Crippen LogP contribution < -0.4 is 4.74 Å². The predicted molar refractivity (Wildman–Crippen MR) is 118 cm³/mol. The average Bonchev–Trinajstić information content (AvgIpc) is 2.98. The zero-order chi connectivity index (χ0) is 22.9. The second-order valence-electron chi connectivity index (χ2n) is 7.69. The van der Waals surface area contributed by atoms with Crippen LogP contribution in [-0.2, 0) is 9.59 Å². The number of amides is 1. The van der Waals surface area contributed by atoms with E-state index in [2.05, 4.69) is 0 Å². The van der Waals surface area contributed by atoms with Crippen LogP contribution in [0.2, 0.25) is 5.02 Å². The summed E-state index contributed by atoms with van der Waals surface area (Å²) >= 11 is 6.10. The van der Waals surface area contributed by atoms with Gasteiger partial charge in [-0.25, -0.2) is 0 Å². The Labute approximate surface area is 186 Å². The Kier molecular flexibility index (Phi) is 6.57. The SMILES string of the molecule is COc1ccc(/C(O)=C2/C(=O)C(=O)N(CCN(C)C)C2c2ccc(O)c(Cl)c2)cc1C. The highest BCUT2D eigenvalue weighted by molar-refractivity contribution is 6.46. The van der Waals surface area contributed by atoms with Gasteiger partial charge in [-0.15, -0.1) is 0 Å². The molecule has 8 heteroatoms. The molecule has 7 nitrogen and oxygen atoms in total. The van der Waals surface area contributed by atoms with Gasteiger partial charge in [0.05, 0.1) is 23.7 Å². The Balaban J connectivity index is 2.18. The van der Waals surface area contributed by atoms with Crippen molar-refractivity contribution >= 4 is 29.1 Å². The van der Waals surface area contributed by atoms with E-state index >= 15 is 0 Å². The van der Waals surface area contributed by atoms with E-state index in [0.29, 0.717) is 23.4 Å². The third-order valence-corrected chi connectivity index (χ3v) is 5.59. The number of carbonyl (C=O) groups is 2. The number of nitrogens with zero attached hydrogens (tertiary/aromatic N) is 2. The molecular formula is C23H25ClN2O5. The lowest BCUT2D eigenvalue weighted by atomic mass is 9.94. The fourth-order valence-electron chi connectivity index (χ4n) is 3.64. The minimum atomic E-state index is -0.833. The van der Waals surface area contributed by atoms with Crippen LogP contribution in [0.4, 0.5) is 0 Å². The van der Waals surface area contributed by atoms with E-state index < -0.39 is 17.7 Å². The summed E-state index contributed by atoms with van der Waals surface area (Å²) in [6.45, 7) is 2.62. The average molecular weight is 445 g/mol. The van der Waals surface area contributed by atoms with E-state index in [1.807, 2.05) is 25.9 Å². The maximum atomic E-state index is 13.0. The standard InChI is InChI=1S/C23H25ClN2O5/c1-13-11-15(6-8-18(13)31-4)21(28)19-20(14-5-7-17(27)16(24)12-14)26(10-9-25(2)3)23(30)22(19)29/h5-8,11-12,20,27-28H,9-10H2,1-4H3/b21-19-. The summed E-state index contributed by atoms with van der Waals surface area (Å²) in [6, 6.07) is 8.69. The second-order valence-corrected chi connectivity index (χ2v) is 8.10. The third kappa shape index (κ3) is 4.38. The minimum absolute atomic E-state index is 0.0184. The van der Waals surface area contributed by atoms with Gasteiger partial charge in [-0.3, -0.25) is 9.59 Å². The number of methoxy groups -OCH3 is 1. The highest BCUT2D eigenvalue weighted by Crippen LogP contribution is 2.41. The Morgan fingerprint density at radius 1 is 1.19 bits per heavy atom. The van der Waals surface area contributed by atoms with Gasteiger partial charge in [0, 0.05) is 18.7 Å². The van der Waals surface area contributed by atoms with Gasteiger partial charge < -0.3 is 24.7 Å². The molecule has 1 saturated heterocycles. The number of aryl methyl sites for hydroxylation is 1. The topological polar surface area (TPSA) is 90.3 Å². The van der Waals surface area contributed by atoms with Crippen molar-refractivity contribution in [1.29, 1.82) is 0 Å². The fraction of sp³-hybridized carbons (Fsp3) is 0.304. The van der Waals surface area contributed by atoms with E-state index in [1.54, 1.807) is 31.4 Å². The number of phenolic OH excluding ortho intramolecular Hbond substituents is 1. The van der Waals surface area contributed by atoms with Crippen LogP contribution in [0.15, 0.2) is 42.0 Å². The summed E-state index contributed by atoms with van der Waals surface area (Å²) in [5.74, 6) is -1.20. The lowest BCUT2D eigenvalue weighted by Crippen LogP contribution is -2.35. The second kappa shape index (κ2) is 8.99. The number of rotatable bonds is 6. The number of carbonyl (C=O) groups excluding carboxylic acids is 2. The molecule has 3 rings (SSSR count). The number of ether oxygens (including phenoxy) is 1. The largest absolute Gasteiger partial charge is 0.507 e. The predicted octanol–water partition coefficient (Wildman–Crippen LogP) is 3.35. The van der Waals surface area contributed by atoms with Gasteiger partial charge in [0.15, 0.2) is 0 Å². The van der Waals surface area contributed by atoms with Crippen molar-refractivity contribution in [3.05, 3.63) is 63.7 Å². The molecule has 164 valence electrons. The van der Waals surface area contributed by atoms with Crippen LogP contribution in [0.5, 0.6) is 11.5 Å². The zero-order valence-corrected chi connectivity index (χ0v) is 18.6. The smallest absolute Gasteiger partial charge is 0.295 e. The number of phenols is 1. The van der Waals surface area contributed by atoms with Crippen LogP contribution in [0.25, 0.3) is 5.76 Å².